The van der Waals surface area contributed by atoms with Crippen molar-refractivity contribution in [3.63, 3.8) is 0 Å². The lowest BCUT2D eigenvalue weighted by Gasteiger charge is -2.54. The lowest BCUT2D eigenvalue weighted by molar-refractivity contribution is -0.0951. The molecule has 3 aliphatic heterocycles. The summed E-state index contributed by atoms with van der Waals surface area (Å²) in [4.78, 5) is 28.4. The van der Waals surface area contributed by atoms with E-state index >= 15 is 0 Å². The molecule has 0 atom stereocenters. The molecule has 11 nitrogen and oxygen atoms in total. The minimum absolute atomic E-state index is 0.0568. The van der Waals surface area contributed by atoms with Crippen LogP contribution in [0.5, 0.6) is 11.5 Å². The Bertz CT molecular complexity index is 1560. The quantitative estimate of drug-likeness (QED) is 0.366. The van der Waals surface area contributed by atoms with E-state index in [-0.39, 0.29) is 34.7 Å². The molecule has 1 amide bonds. The van der Waals surface area contributed by atoms with Crippen molar-refractivity contribution < 1.29 is 31.1 Å². The molecule has 1 aromatic heterocycles. The number of piperidine rings is 1. The summed E-state index contributed by atoms with van der Waals surface area (Å²) in [5.74, 6) is -1.93. The Kier molecular flexibility index (Phi) is 9.95. The van der Waals surface area contributed by atoms with E-state index in [9.17, 15) is 26.4 Å². The van der Waals surface area contributed by atoms with Crippen LogP contribution in [0.3, 0.4) is 0 Å². The number of nitrogens with zero attached hydrogens (tertiary/aromatic N) is 6. The summed E-state index contributed by atoms with van der Waals surface area (Å²) in [7, 11) is -3.86. The zero-order valence-corrected chi connectivity index (χ0v) is 28.7. The minimum Gasteiger partial charge on any atom is -0.451 e. The van der Waals surface area contributed by atoms with Gasteiger partial charge in [-0.3, -0.25) is 4.79 Å². The van der Waals surface area contributed by atoms with E-state index in [1.165, 1.54) is 24.5 Å². The van der Waals surface area contributed by atoms with Gasteiger partial charge >= 0.3 is 0 Å². The number of rotatable bonds is 11. The normalized spacial score (nSPS) is 24.3. The number of benzene rings is 1. The molecule has 2 aromatic rings. The number of likely N-dealkylation sites (tertiary alicyclic amines) is 1. The summed E-state index contributed by atoms with van der Waals surface area (Å²) in [6.45, 7) is 9.33. The van der Waals surface area contributed by atoms with Crippen LogP contribution in [-0.2, 0) is 10.2 Å². The van der Waals surface area contributed by atoms with Gasteiger partial charge in [-0.05, 0) is 96.5 Å². The molecule has 3 saturated heterocycles. The highest BCUT2D eigenvalue weighted by atomic mass is 32.2. The lowest BCUT2D eigenvalue weighted by atomic mass is 9.71. The van der Waals surface area contributed by atoms with E-state index in [0.29, 0.717) is 36.9 Å². The molecule has 1 spiro atoms. The van der Waals surface area contributed by atoms with E-state index < -0.39 is 35.0 Å². The third-order valence-corrected chi connectivity index (χ3v) is 11.9. The first kappa shape index (κ1) is 34.8. The van der Waals surface area contributed by atoms with E-state index in [1.54, 1.807) is 11.1 Å². The van der Waals surface area contributed by atoms with Gasteiger partial charge in [0, 0.05) is 43.7 Å². The standard InChI is InChI=1S/C33H46F3N7O4S/c1-4-43(23(2)3)31(44)27-15-25(34)7-10-28(27)47-29-16-37-22-38-30(29)41-18-32(19-41)11-13-40(14-12-32)17-24-5-8-26(9-6-24)39-48(45,46)42-20-33(35,36)21-42/h7,10,15-16,22-24,26,39H,4-6,8-9,11-14,17-21H2,1-3H3/t24-,26-. The second-order valence-electron chi connectivity index (χ2n) is 14.3. The Morgan fingerprint density at radius 1 is 1.08 bits per heavy atom. The number of carbonyl (C=O) groups excluding carboxylic acids is 1. The third kappa shape index (κ3) is 7.58. The van der Waals surface area contributed by atoms with Gasteiger partial charge in [-0.2, -0.15) is 17.4 Å². The molecule has 264 valence electrons. The van der Waals surface area contributed by atoms with Crippen molar-refractivity contribution in [1.82, 2.24) is 28.8 Å². The van der Waals surface area contributed by atoms with Crippen LogP contribution in [0.1, 0.15) is 69.7 Å². The summed E-state index contributed by atoms with van der Waals surface area (Å²) in [5, 5.41) is 0. The van der Waals surface area contributed by atoms with Crippen LogP contribution in [-0.4, -0.2) is 109 Å². The smallest absolute Gasteiger partial charge is 0.280 e. The monoisotopic (exact) mass is 693 g/mol. The van der Waals surface area contributed by atoms with Gasteiger partial charge in [0.2, 0.25) is 0 Å². The Balaban J connectivity index is 0.990. The van der Waals surface area contributed by atoms with Crippen LogP contribution in [0, 0.1) is 17.2 Å². The van der Waals surface area contributed by atoms with E-state index in [2.05, 4.69) is 24.5 Å². The van der Waals surface area contributed by atoms with Crippen molar-refractivity contribution in [3.05, 3.63) is 42.1 Å². The number of anilines is 1. The highest BCUT2D eigenvalue weighted by Gasteiger charge is 2.50. The van der Waals surface area contributed by atoms with E-state index in [4.69, 9.17) is 4.74 Å². The number of alkyl halides is 2. The highest BCUT2D eigenvalue weighted by molar-refractivity contribution is 7.87. The second-order valence-corrected chi connectivity index (χ2v) is 16.0. The predicted molar refractivity (Wildman–Crippen MR) is 175 cm³/mol. The molecule has 1 N–H and O–H groups in total. The fourth-order valence-corrected chi connectivity index (χ4v) is 9.11. The van der Waals surface area contributed by atoms with Gasteiger partial charge in [0.05, 0.1) is 24.8 Å². The second kappa shape index (κ2) is 13.7. The Morgan fingerprint density at radius 2 is 1.77 bits per heavy atom. The van der Waals surface area contributed by atoms with Crippen molar-refractivity contribution in [2.45, 2.75) is 77.3 Å². The SMILES string of the molecule is CCN(C(=O)c1cc(F)ccc1Oc1cncnc1N1CC2(CCN(C[C@H]3CC[C@H](NS(=O)(=O)N4CC(F)(F)C4)CC3)CC2)C1)C(C)C. The van der Waals surface area contributed by atoms with Gasteiger partial charge in [0.1, 0.15) is 17.9 Å². The van der Waals surface area contributed by atoms with Crippen molar-refractivity contribution in [1.29, 1.82) is 0 Å². The molecule has 15 heteroatoms. The van der Waals surface area contributed by atoms with Gasteiger partial charge in [0.15, 0.2) is 11.6 Å². The molecule has 48 heavy (non-hydrogen) atoms. The van der Waals surface area contributed by atoms with Crippen LogP contribution in [0.15, 0.2) is 30.7 Å². The molecular formula is C33H46F3N7O4S. The van der Waals surface area contributed by atoms with Crippen LogP contribution in [0.25, 0.3) is 0 Å². The van der Waals surface area contributed by atoms with Crippen molar-refractivity contribution in [2.24, 2.45) is 11.3 Å². The fourth-order valence-electron chi connectivity index (χ4n) is 7.59. The minimum atomic E-state index is -3.86. The average molecular weight is 694 g/mol. The molecule has 4 heterocycles. The van der Waals surface area contributed by atoms with Gasteiger partial charge in [-0.15, -0.1) is 0 Å². The van der Waals surface area contributed by atoms with Crippen molar-refractivity contribution >= 4 is 21.9 Å². The Labute approximate surface area is 281 Å². The van der Waals surface area contributed by atoms with Crippen LogP contribution in [0.2, 0.25) is 0 Å². The van der Waals surface area contributed by atoms with Gasteiger partial charge < -0.3 is 19.4 Å². The third-order valence-electron chi connectivity index (χ3n) is 10.4. The summed E-state index contributed by atoms with van der Waals surface area (Å²) >= 11 is 0. The molecule has 1 aromatic carbocycles. The molecule has 0 bridgehead atoms. The van der Waals surface area contributed by atoms with Crippen molar-refractivity contribution in [3.8, 4) is 11.5 Å². The maximum atomic E-state index is 14.3. The highest BCUT2D eigenvalue weighted by Crippen LogP contribution is 2.45. The summed E-state index contributed by atoms with van der Waals surface area (Å²) in [6, 6.07) is 3.71. The maximum absolute atomic E-state index is 14.3. The number of aromatic nitrogens is 2. The molecular weight excluding hydrogens is 647 g/mol. The Hall–Kier alpha value is -3.01. The molecule has 4 aliphatic rings. The molecule has 0 unspecified atom stereocenters. The van der Waals surface area contributed by atoms with E-state index in [1.807, 2.05) is 20.8 Å². The number of carbonyl (C=O) groups is 1. The number of nitrogens with one attached hydrogen (secondary N) is 1. The molecule has 0 radical (unpaired) electrons. The average Bonchev–Trinajstić information content (AvgIpc) is 3.01. The van der Waals surface area contributed by atoms with Crippen molar-refractivity contribution in [2.75, 3.05) is 57.3 Å². The fraction of sp³-hybridized carbons (Fsp3) is 0.667. The predicted octanol–water partition coefficient (Wildman–Crippen LogP) is 4.52. The zero-order valence-electron chi connectivity index (χ0n) is 27.9. The number of hydrogen-bond donors (Lipinski definition) is 1. The molecule has 6 rings (SSSR count). The lowest BCUT2D eigenvalue weighted by Crippen LogP contribution is -2.62. The number of halogens is 3. The first-order valence-electron chi connectivity index (χ1n) is 17.0. The van der Waals surface area contributed by atoms with E-state index in [0.717, 1.165) is 62.7 Å². The van der Waals surface area contributed by atoms with Crippen LogP contribution >= 0.6 is 0 Å². The topological polar surface area (TPSA) is 111 Å². The van der Waals surface area contributed by atoms with Crippen LogP contribution < -0.4 is 14.4 Å². The largest absolute Gasteiger partial charge is 0.451 e. The number of ether oxygens (including phenoxy) is 1. The molecule has 1 aliphatic carbocycles. The van der Waals surface area contributed by atoms with Gasteiger partial charge in [-0.25, -0.2) is 23.1 Å². The first-order chi connectivity index (χ1) is 22.8. The summed E-state index contributed by atoms with van der Waals surface area (Å²) < 4.78 is 75.1. The number of hydrogen-bond acceptors (Lipinski definition) is 8. The molecule has 1 saturated carbocycles. The maximum Gasteiger partial charge on any atom is 0.280 e. The van der Waals surface area contributed by atoms with Gasteiger partial charge in [0.25, 0.3) is 22.0 Å². The Morgan fingerprint density at radius 3 is 2.40 bits per heavy atom. The summed E-state index contributed by atoms with van der Waals surface area (Å²) in [5.41, 5.74) is 0.333. The molecule has 4 fully saturated rings. The summed E-state index contributed by atoms with van der Waals surface area (Å²) in [6.07, 6.45) is 8.41. The number of amides is 1. The van der Waals surface area contributed by atoms with Gasteiger partial charge in [-0.1, -0.05) is 0 Å². The zero-order chi connectivity index (χ0) is 34.3. The first-order valence-corrected chi connectivity index (χ1v) is 18.4. The van der Waals surface area contributed by atoms with Crippen LogP contribution in [0.4, 0.5) is 19.0 Å².